The molecule has 0 spiro atoms. The van der Waals surface area contributed by atoms with Crippen molar-refractivity contribution in [3.8, 4) is 0 Å². The molecular weight excluding hydrogens is 235 g/mol. The number of rotatable bonds is 1. The van der Waals surface area contributed by atoms with Crippen LogP contribution in [0, 0.1) is 11.9 Å². The molecule has 18 heavy (non-hydrogen) atoms. The zero-order valence-corrected chi connectivity index (χ0v) is 9.97. The van der Waals surface area contributed by atoms with Crippen LogP contribution in [-0.2, 0) is 4.79 Å². The molecule has 0 saturated carbocycles. The minimum atomic E-state index is -0.501. The molecule has 2 atom stereocenters. The first-order valence-electron chi connectivity index (χ1n) is 6.24. The molecule has 1 aromatic heterocycles. The van der Waals surface area contributed by atoms with E-state index in [4.69, 9.17) is 0 Å². The molecule has 0 bridgehead atoms. The van der Waals surface area contributed by atoms with Crippen molar-refractivity contribution in [1.82, 2.24) is 15.3 Å². The van der Waals surface area contributed by atoms with Gasteiger partial charge in [-0.15, -0.1) is 0 Å². The highest BCUT2D eigenvalue weighted by atomic mass is 19.1. The highest BCUT2D eigenvalue weighted by molar-refractivity contribution is 5.77. The minimum Gasteiger partial charge on any atom is -0.356 e. The van der Waals surface area contributed by atoms with E-state index >= 15 is 0 Å². The molecule has 1 N–H and O–H groups in total. The molecule has 2 aliphatic rings. The van der Waals surface area contributed by atoms with Crippen LogP contribution in [0.4, 0.5) is 10.2 Å². The van der Waals surface area contributed by atoms with Crippen LogP contribution in [0.15, 0.2) is 12.4 Å². The predicted octanol–water partition coefficient (Wildman–Crippen LogP) is 0.721. The highest BCUT2D eigenvalue weighted by Crippen LogP contribution is 2.27. The fourth-order valence-corrected chi connectivity index (χ4v) is 2.82. The van der Waals surface area contributed by atoms with E-state index in [0.29, 0.717) is 18.2 Å². The number of piperidine rings is 2. The molecule has 0 aromatic carbocycles. The molecule has 1 amide bonds. The summed E-state index contributed by atoms with van der Waals surface area (Å²) >= 11 is 0. The van der Waals surface area contributed by atoms with E-state index in [2.05, 4.69) is 20.2 Å². The lowest BCUT2D eigenvalue weighted by Gasteiger charge is -2.41. The van der Waals surface area contributed by atoms with E-state index in [-0.39, 0.29) is 11.9 Å². The number of nitrogens with zero attached hydrogens (tertiary/aromatic N) is 3. The Balaban J connectivity index is 1.72. The summed E-state index contributed by atoms with van der Waals surface area (Å²) in [5.41, 5.74) is 0. The Bertz CT molecular complexity index is 467. The van der Waals surface area contributed by atoms with Gasteiger partial charge >= 0.3 is 0 Å². The van der Waals surface area contributed by atoms with E-state index < -0.39 is 5.95 Å². The molecule has 3 rings (SSSR count). The Kier molecular flexibility index (Phi) is 2.85. The topological polar surface area (TPSA) is 58.1 Å². The number of halogens is 1. The van der Waals surface area contributed by atoms with Gasteiger partial charge in [-0.3, -0.25) is 4.79 Å². The second-order valence-corrected chi connectivity index (χ2v) is 4.91. The van der Waals surface area contributed by atoms with Gasteiger partial charge in [0.1, 0.15) is 12.1 Å². The number of carbonyl (C=O) groups excluding carboxylic acids is 1. The molecule has 2 fully saturated rings. The summed E-state index contributed by atoms with van der Waals surface area (Å²) in [6.45, 7) is 1.61. The number of anilines is 1. The van der Waals surface area contributed by atoms with Gasteiger partial charge in [0.15, 0.2) is 0 Å². The summed E-state index contributed by atoms with van der Waals surface area (Å²) in [6, 6.07) is 1.64. The summed E-state index contributed by atoms with van der Waals surface area (Å²) in [5.74, 6) is 0.726. The number of carbonyl (C=O) groups is 1. The third-order valence-electron chi connectivity index (χ3n) is 3.77. The van der Waals surface area contributed by atoms with Crippen LogP contribution in [0.25, 0.3) is 0 Å². The summed E-state index contributed by atoms with van der Waals surface area (Å²) in [4.78, 5) is 21.0. The second kappa shape index (κ2) is 4.51. The Labute approximate surface area is 104 Å². The Morgan fingerprint density at radius 2 is 2.28 bits per heavy atom. The van der Waals surface area contributed by atoms with Crippen molar-refractivity contribution in [1.29, 1.82) is 0 Å². The lowest BCUT2D eigenvalue weighted by Crippen LogP contribution is -2.54. The molecule has 3 heterocycles. The summed E-state index contributed by atoms with van der Waals surface area (Å²) < 4.78 is 13.1. The summed E-state index contributed by atoms with van der Waals surface area (Å²) in [6.07, 6.45) is 3.63. The van der Waals surface area contributed by atoms with Gasteiger partial charge in [0.25, 0.3) is 0 Å². The normalized spacial score (nSPS) is 27.6. The maximum absolute atomic E-state index is 13.1. The lowest BCUT2D eigenvalue weighted by molar-refractivity contribution is -0.124. The van der Waals surface area contributed by atoms with Crippen molar-refractivity contribution in [2.75, 3.05) is 18.0 Å². The highest BCUT2D eigenvalue weighted by Gasteiger charge is 2.34. The fourth-order valence-electron chi connectivity index (χ4n) is 2.82. The van der Waals surface area contributed by atoms with E-state index in [1.165, 1.54) is 12.4 Å². The smallest absolute Gasteiger partial charge is 0.220 e. The Hall–Kier alpha value is -1.72. The predicted molar refractivity (Wildman–Crippen MR) is 63.5 cm³/mol. The zero-order chi connectivity index (χ0) is 12.5. The minimum absolute atomic E-state index is 0.151. The van der Waals surface area contributed by atoms with Crippen LogP contribution in [0.2, 0.25) is 0 Å². The van der Waals surface area contributed by atoms with Crippen molar-refractivity contribution in [2.45, 2.75) is 25.3 Å². The first-order chi connectivity index (χ1) is 8.72. The van der Waals surface area contributed by atoms with E-state index in [0.717, 1.165) is 25.9 Å². The zero-order valence-electron chi connectivity index (χ0n) is 9.97. The third kappa shape index (κ3) is 2.14. The molecule has 2 unspecified atom stereocenters. The van der Waals surface area contributed by atoms with Crippen LogP contribution in [-0.4, -0.2) is 35.0 Å². The first-order valence-corrected chi connectivity index (χ1v) is 6.24. The van der Waals surface area contributed by atoms with E-state index in [9.17, 15) is 9.18 Å². The molecule has 5 nitrogen and oxygen atoms in total. The molecule has 0 radical (unpaired) electrons. The van der Waals surface area contributed by atoms with Gasteiger partial charge in [-0.1, -0.05) is 0 Å². The second-order valence-electron chi connectivity index (χ2n) is 4.91. The van der Waals surface area contributed by atoms with E-state index in [1.807, 2.05) is 0 Å². The van der Waals surface area contributed by atoms with Crippen molar-refractivity contribution in [3.63, 3.8) is 0 Å². The number of fused-ring (bicyclic) bond motifs is 1. The van der Waals surface area contributed by atoms with Crippen molar-refractivity contribution >= 4 is 11.7 Å². The first kappa shape index (κ1) is 11.4. The van der Waals surface area contributed by atoms with Crippen LogP contribution >= 0.6 is 0 Å². The maximum Gasteiger partial charge on any atom is 0.220 e. The Morgan fingerprint density at radius 1 is 1.39 bits per heavy atom. The molecular formula is C12H15FN4O. The van der Waals surface area contributed by atoms with Crippen molar-refractivity contribution in [3.05, 3.63) is 18.3 Å². The van der Waals surface area contributed by atoms with Gasteiger partial charge in [-0.2, -0.15) is 4.39 Å². The van der Waals surface area contributed by atoms with Crippen LogP contribution in [0.3, 0.4) is 0 Å². The lowest BCUT2D eigenvalue weighted by atomic mass is 9.85. The van der Waals surface area contributed by atoms with Gasteiger partial charge < -0.3 is 10.2 Å². The average molecular weight is 250 g/mol. The number of amides is 1. The van der Waals surface area contributed by atoms with Gasteiger partial charge in [0.05, 0.1) is 0 Å². The fraction of sp³-hybridized carbons (Fsp3) is 0.583. The molecule has 2 saturated heterocycles. The molecule has 2 aliphatic heterocycles. The molecule has 1 aromatic rings. The number of hydrogen-bond donors (Lipinski definition) is 1. The molecule has 96 valence electrons. The maximum atomic E-state index is 13.1. The average Bonchev–Trinajstić information content (AvgIpc) is 2.38. The van der Waals surface area contributed by atoms with Crippen molar-refractivity contribution < 1.29 is 9.18 Å². The van der Waals surface area contributed by atoms with Crippen LogP contribution in [0.1, 0.15) is 19.3 Å². The number of aromatic nitrogens is 2. The largest absolute Gasteiger partial charge is 0.356 e. The number of hydrogen-bond acceptors (Lipinski definition) is 4. The quantitative estimate of drug-likeness (QED) is 0.746. The monoisotopic (exact) mass is 250 g/mol. The van der Waals surface area contributed by atoms with Crippen molar-refractivity contribution in [2.24, 2.45) is 5.92 Å². The van der Waals surface area contributed by atoms with Gasteiger partial charge in [0.2, 0.25) is 11.9 Å². The van der Waals surface area contributed by atoms with Crippen LogP contribution in [0.5, 0.6) is 0 Å². The summed E-state index contributed by atoms with van der Waals surface area (Å²) in [5, 5.41) is 3.03. The SMILES string of the molecule is O=C1CCC2CN(c3cc(F)ncn3)CCC2N1. The van der Waals surface area contributed by atoms with Gasteiger partial charge in [0, 0.05) is 31.6 Å². The Morgan fingerprint density at radius 3 is 3.11 bits per heavy atom. The molecule has 0 aliphatic carbocycles. The van der Waals surface area contributed by atoms with Crippen LogP contribution < -0.4 is 10.2 Å². The third-order valence-corrected chi connectivity index (χ3v) is 3.77. The molecule has 6 heteroatoms. The van der Waals surface area contributed by atoms with Gasteiger partial charge in [-0.05, 0) is 18.8 Å². The van der Waals surface area contributed by atoms with Gasteiger partial charge in [-0.25, -0.2) is 9.97 Å². The van der Waals surface area contributed by atoms with E-state index in [1.54, 1.807) is 0 Å². The standard InChI is InChI=1S/C12H15FN4O/c13-10-5-11(15-7-14-10)17-4-3-9-8(6-17)1-2-12(18)16-9/h5,7-9H,1-4,6H2,(H,16,18). The number of nitrogens with one attached hydrogen (secondary N) is 1. The summed E-state index contributed by atoms with van der Waals surface area (Å²) in [7, 11) is 0.